The molecule has 0 aromatic heterocycles. The van der Waals surface area contributed by atoms with Gasteiger partial charge in [0.05, 0.1) is 13.2 Å². The molecule has 0 aromatic rings. The first-order valence-electron chi connectivity index (χ1n) is 22.9. The predicted molar refractivity (Wildman–Crippen MR) is 243 cm³/mol. The Hall–Kier alpha value is -2.55. The van der Waals surface area contributed by atoms with Gasteiger partial charge in [0, 0.05) is 19.4 Å². The fraction of sp³-hybridized carbons (Fsp3) is 0.708. The molecular weight excluding hydrogens is 750 g/mol. The molecule has 0 aliphatic rings. The van der Waals surface area contributed by atoms with Crippen LogP contribution in [-0.4, -0.2) is 54.3 Å². The van der Waals surface area contributed by atoms with E-state index in [-0.39, 0.29) is 32.1 Å². The van der Waals surface area contributed by atoms with Crippen molar-refractivity contribution in [2.24, 2.45) is 0 Å². The van der Waals surface area contributed by atoms with Crippen LogP contribution >= 0.6 is 7.82 Å². The summed E-state index contributed by atoms with van der Waals surface area (Å²) in [6.07, 6.45) is 54.0. The zero-order chi connectivity index (χ0) is 42.5. The Bertz CT molecular complexity index is 1180. The summed E-state index contributed by atoms with van der Waals surface area (Å²) in [5.74, 6) is -0.545. The minimum atomic E-state index is -4.43. The summed E-state index contributed by atoms with van der Waals surface area (Å²) in [7, 11) is -4.43. The molecule has 0 saturated heterocycles. The number of rotatable bonds is 42. The monoisotopic (exact) mass is 834 g/mol. The van der Waals surface area contributed by atoms with Gasteiger partial charge in [-0.25, -0.2) is 4.57 Å². The molecule has 0 heterocycles. The highest BCUT2D eigenvalue weighted by Crippen LogP contribution is 2.42. The minimum absolute atomic E-state index is 0.0692. The Morgan fingerprint density at radius 1 is 0.534 bits per heavy atom. The first-order chi connectivity index (χ1) is 28.3. The number of hydrogen-bond acceptors (Lipinski definition) is 7. The van der Waals surface area contributed by atoms with Crippen LogP contribution in [0.25, 0.3) is 0 Å². The summed E-state index contributed by atoms with van der Waals surface area (Å²) in [5, 5.41) is 12.7. The summed E-state index contributed by atoms with van der Waals surface area (Å²) in [6.45, 7) is 3.45. The Balaban J connectivity index is 3.64. The number of carbonyl (C=O) groups is 2. The lowest BCUT2D eigenvalue weighted by molar-refractivity contribution is -0.147. The lowest BCUT2D eigenvalue weighted by atomic mass is 10.1. The number of unbranched alkanes of at least 4 members (excludes halogenated alkanes) is 17. The third kappa shape index (κ3) is 44.6. The van der Waals surface area contributed by atoms with Crippen molar-refractivity contribution in [3.05, 3.63) is 72.9 Å². The van der Waals surface area contributed by atoms with E-state index in [9.17, 15) is 24.2 Å². The molecule has 10 heteroatoms. The molecule has 0 aromatic carbocycles. The molecule has 2 atom stereocenters. The zero-order valence-electron chi connectivity index (χ0n) is 36.7. The highest BCUT2D eigenvalue weighted by molar-refractivity contribution is 7.47. The van der Waals surface area contributed by atoms with Crippen molar-refractivity contribution in [3.8, 4) is 0 Å². The summed E-state index contributed by atoms with van der Waals surface area (Å²) >= 11 is 0. The molecule has 0 rings (SSSR count). The lowest BCUT2D eigenvalue weighted by Crippen LogP contribution is -2.27. The van der Waals surface area contributed by atoms with E-state index in [4.69, 9.17) is 13.8 Å². The molecule has 0 bridgehead atoms. The van der Waals surface area contributed by atoms with Gasteiger partial charge in [0.1, 0.15) is 12.7 Å². The van der Waals surface area contributed by atoms with Gasteiger partial charge in [-0.3, -0.25) is 18.6 Å². The third-order valence-corrected chi connectivity index (χ3v) is 10.3. The van der Waals surface area contributed by atoms with Crippen molar-refractivity contribution in [2.75, 3.05) is 26.4 Å². The fourth-order valence-electron chi connectivity index (χ4n) is 5.85. The van der Waals surface area contributed by atoms with Crippen molar-refractivity contribution in [3.63, 3.8) is 0 Å². The van der Waals surface area contributed by atoms with Crippen molar-refractivity contribution in [2.45, 2.75) is 193 Å². The van der Waals surface area contributed by atoms with Crippen LogP contribution in [0.15, 0.2) is 72.9 Å². The van der Waals surface area contributed by atoms with E-state index in [1.807, 2.05) is 0 Å². The second-order valence-corrected chi connectivity index (χ2v) is 16.5. The van der Waals surface area contributed by atoms with Crippen LogP contribution in [0.3, 0.4) is 0 Å². The number of esters is 1. The highest BCUT2D eigenvalue weighted by atomic mass is 31.2. The van der Waals surface area contributed by atoms with Gasteiger partial charge in [0.25, 0.3) is 0 Å². The number of ether oxygens (including phenoxy) is 1. The van der Waals surface area contributed by atoms with Crippen LogP contribution < -0.4 is 5.32 Å². The lowest BCUT2D eigenvalue weighted by Gasteiger charge is -2.15. The number of aliphatic hydroxyl groups excluding tert-OH is 1. The van der Waals surface area contributed by atoms with Gasteiger partial charge in [-0.15, -0.1) is 0 Å². The molecule has 0 aliphatic carbocycles. The van der Waals surface area contributed by atoms with Crippen LogP contribution in [0.5, 0.6) is 0 Å². The van der Waals surface area contributed by atoms with Gasteiger partial charge >= 0.3 is 13.8 Å². The molecule has 0 aliphatic heterocycles. The third-order valence-electron chi connectivity index (χ3n) is 9.36. The smallest absolute Gasteiger partial charge is 0.463 e. The van der Waals surface area contributed by atoms with E-state index in [0.29, 0.717) is 6.42 Å². The molecule has 0 fully saturated rings. The molecule has 334 valence electrons. The van der Waals surface area contributed by atoms with E-state index in [2.05, 4.69) is 92.1 Å². The second-order valence-electron chi connectivity index (χ2n) is 15.0. The number of nitrogens with one attached hydrogen (secondary N) is 1. The normalized spacial score (nSPS) is 13.9. The molecule has 9 nitrogen and oxygen atoms in total. The van der Waals surface area contributed by atoms with Gasteiger partial charge in [-0.05, 0) is 83.5 Å². The Labute approximate surface area is 354 Å². The number of aliphatic hydroxyl groups is 1. The highest BCUT2D eigenvalue weighted by Gasteiger charge is 2.23. The first kappa shape index (κ1) is 55.5. The molecule has 0 saturated carbocycles. The predicted octanol–water partition coefficient (Wildman–Crippen LogP) is 13.0. The standard InChI is InChI=1S/C48H84NO8P/c1-3-5-7-9-11-13-15-17-19-20-21-22-23-24-25-26-27-29-31-33-35-37-39-41-48(52)55-44-46(50)45-57-58(53,54)56-43-42-49-47(51)40-38-36-34-32-30-28-18-16-14-12-10-8-6-4-2/h10-13,16-19,21-22,24-25,46,50H,3-9,14-15,20,23,26-45H2,1-2H3,(H,49,51)(H,53,54)/b12-10-,13-11-,18-16-,19-17-,22-21-,25-24-. The van der Waals surface area contributed by atoms with Crippen LogP contribution in [0.2, 0.25) is 0 Å². The average molecular weight is 834 g/mol. The summed E-state index contributed by atoms with van der Waals surface area (Å²) in [4.78, 5) is 33.9. The second kappa shape index (κ2) is 44.0. The van der Waals surface area contributed by atoms with E-state index in [1.165, 1.54) is 64.2 Å². The van der Waals surface area contributed by atoms with Crippen LogP contribution in [-0.2, 0) is 27.9 Å². The topological polar surface area (TPSA) is 131 Å². The number of phosphoric acid groups is 1. The molecule has 0 radical (unpaired) electrons. The van der Waals surface area contributed by atoms with E-state index >= 15 is 0 Å². The number of hydrogen-bond donors (Lipinski definition) is 3. The van der Waals surface area contributed by atoms with Crippen LogP contribution in [0.1, 0.15) is 187 Å². The maximum Gasteiger partial charge on any atom is 0.472 e. The van der Waals surface area contributed by atoms with E-state index < -0.39 is 26.5 Å². The molecule has 58 heavy (non-hydrogen) atoms. The van der Waals surface area contributed by atoms with Crippen molar-refractivity contribution in [1.29, 1.82) is 0 Å². The first-order valence-corrected chi connectivity index (χ1v) is 24.4. The maximum atomic E-state index is 12.1. The van der Waals surface area contributed by atoms with Gasteiger partial charge in [0.2, 0.25) is 5.91 Å². The van der Waals surface area contributed by atoms with E-state index in [1.54, 1.807) is 0 Å². The number of allylic oxidation sites excluding steroid dienone is 12. The Morgan fingerprint density at radius 3 is 1.45 bits per heavy atom. The summed E-state index contributed by atoms with van der Waals surface area (Å²) < 4.78 is 26.9. The maximum absolute atomic E-state index is 12.1. The van der Waals surface area contributed by atoms with Gasteiger partial charge in [-0.2, -0.15) is 0 Å². The zero-order valence-corrected chi connectivity index (χ0v) is 37.6. The van der Waals surface area contributed by atoms with Crippen molar-refractivity contribution in [1.82, 2.24) is 5.32 Å². The van der Waals surface area contributed by atoms with Crippen LogP contribution in [0, 0.1) is 0 Å². The SMILES string of the molecule is CCCC/C=C\C/C=C\CCCCCCCC(=O)NCCOP(=O)(O)OCC(O)COC(=O)CCCCCCCCC/C=C\C/C=C\C/C=C\C/C=C\CCCCC. The summed E-state index contributed by atoms with van der Waals surface area (Å²) in [5.41, 5.74) is 0. The molecule has 1 amide bonds. The van der Waals surface area contributed by atoms with Crippen molar-refractivity contribution >= 4 is 19.7 Å². The fourth-order valence-corrected chi connectivity index (χ4v) is 6.61. The van der Waals surface area contributed by atoms with Crippen molar-refractivity contribution < 1.29 is 37.9 Å². The minimum Gasteiger partial charge on any atom is -0.463 e. The average Bonchev–Trinajstić information content (AvgIpc) is 3.21. The largest absolute Gasteiger partial charge is 0.472 e. The van der Waals surface area contributed by atoms with Gasteiger partial charge in [0.15, 0.2) is 0 Å². The molecule has 2 unspecified atom stereocenters. The Kier molecular flexibility index (Phi) is 42.1. The molecule has 3 N–H and O–H groups in total. The van der Waals surface area contributed by atoms with E-state index in [0.717, 1.165) is 96.3 Å². The quantitative estimate of drug-likeness (QED) is 0.0240. The number of phosphoric ester groups is 1. The number of amides is 1. The van der Waals surface area contributed by atoms with Crippen LogP contribution in [0.4, 0.5) is 0 Å². The molecule has 0 spiro atoms. The summed E-state index contributed by atoms with van der Waals surface area (Å²) in [6, 6.07) is 0. The molecular formula is C48H84NO8P. The Morgan fingerprint density at radius 2 is 0.948 bits per heavy atom. The number of carbonyl (C=O) groups excluding carboxylic acids is 2. The van der Waals surface area contributed by atoms with Gasteiger partial charge in [-0.1, -0.05) is 164 Å². The van der Waals surface area contributed by atoms with Gasteiger partial charge < -0.3 is 20.1 Å².